The topological polar surface area (TPSA) is 92.2 Å². The summed E-state index contributed by atoms with van der Waals surface area (Å²) in [7, 11) is 0. The molecule has 17 heavy (non-hydrogen) atoms. The van der Waals surface area contributed by atoms with Crippen LogP contribution in [0.25, 0.3) is 11.1 Å². The molecule has 0 atom stereocenters. The Kier molecular flexibility index (Phi) is 3.04. The molecule has 0 unspecified atom stereocenters. The van der Waals surface area contributed by atoms with E-state index in [1.54, 1.807) is 12.1 Å². The van der Waals surface area contributed by atoms with Gasteiger partial charge in [0.2, 0.25) is 6.29 Å². The zero-order valence-corrected chi connectivity index (χ0v) is 8.86. The fourth-order valence-corrected chi connectivity index (χ4v) is 1.52. The van der Waals surface area contributed by atoms with E-state index in [2.05, 4.69) is 10.3 Å². The molecule has 0 radical (unpaired) electrons. The lowest BCUT2D eigenvalue weighted by Crippen LogP contribution is -2.26. The lowest BCUT2D eigenvalue weighted by atomic mass is 10.1. The van der Waals surface area contributed by atoms with Crippen molar-refractivity contribution in [3.05, 3.63) is 34.3 Å². The molecule has 0 aliphatic carbocycles. The molecule has 0 saturated heterocycles. The lowest BCUT2D eigenvalue weighted by Gasteiger charge is -2.01. The van der Waals surface area contributed by atoms with E-state index in [-0.39, 0.29) is 6.29 Å². The summed E-state index contributed by atoms with van der Waals surface area (Å²) in [4.78, 5) is 34.2. The van der Waals surface area contributed by atoms with Gasteiger partial charge in [0.25, 0.3) is 5.91 Å². The fraction of sp³-hybridized carbons (Fsp3) is 0.182. The zero-order valence-electron chi connectivity index (χ0n) is 8.86. The Morgan fingerprint density at radius 2 is 2.29 bits per heavy atom. The zero-order chi connectivity index (χ0) is 12.3. The van der Waals surface area contributed by atoms with Crippen molar-refractivity contribution in [2.75, 3.05) is 6.54 Å². The summed E-state index contributed by atoms with van der Waals surface area (Å²) >= 11 is 0. The molecule has 0 spiro atoms. The Morgan fingerprint density at radius 3 is 3.06 bits per heavy atom. The largest absolute Gasteiger partial charge is 0.417 e. The summed E-state index contributed by atoms with van der Waals surface area (Å²) in [6.45, 7) is 0.359. The predicted molar refractivity (Wildman–Crippen MR) is 59.6 cm³/mol. The van der Waals surface area contributed by atoms with Gasteiger partial charge in [-0.15, -0.1) is 0 Å². The Labute approximate surface area is 95.6 Å². The van der Waals surface area contributed by atoms with Crippen molar-refractivity contribution in [1.29, 1.82) is 0 Å². The molecular weight excluding hydrogens is 224 g/mol. The van der Waals surface area contributed by atoms with Crippen molar-refractivity contribution in [1.82, 2.24) is 10.3 Å². The van der Waals surface area contributed by atoms with Crippen LogP contribution in [0.2, 0.25) is 0 Å². The Hall–Kier alpha value is -2.37. The predicted octanol–water partition coefficient (Wildman–Crippen LogP) is -0.0213. The average Bonchev–Trinajstić information content (AvgIpc) is 2.68. The number of fused-ring (bicyclic) bond motifs is 1. The van der Waals surface area contributed by atoms with Crippen LogP contribution in [0.4, 0.5) is 0 Å². The van der Waals surface area contributed by atoms with Gasteiger partial charge in [0.1, 0.15) is 0 Å². The second kappa shape index (κ2) is 4.65. The van der Waals surface area contributed by atoms with Crippen molar-refractivity contribution in [3.8, 4) is 0 Å². The molecule has 2 aromatic rings. The molecule has 6 heteroatoms. The van der Waals surface area contributed by atoms with E-state index in [0.717, 1.165) is 5.56 Å². The average molecular weight is 234 g/mol. The van der Waals surface area contributed by atoms with Gasteiger partial charge in [0.05, 0.1) is 5.52 Å². The van der Waals surface area contributed by atoms with E-state index in [1.807, 2.05) is 6.07 Å². The van der Waals surface area contributed by atoms with Gasteiger partial charge in [-0.1, -0.05) is 6.07 Å². The summed E-state index contributed by atoms with van der Waals surface area (Å²) in [5.74, 6) is -1.13. The summed E-state index contributed by atoms with van der Waals surface area (Å²) < 4.78 is 4.90. The van der Waals surface area contributed by atoms with Crippen molar-refractivity contribution in [2.45, 2.75) is 6.42 Å². The van der Waals surface area contributed by atoms with Gasteiger partial charge in [-0.2, -0.15) is 0 Å². The van der Waals surface area contributed by atoms with Crippen molar-refractivity contribution < 1.29 is 14.0 Å². The van der Waals surface area contributed by atoms with Crippen LogP contribution in [0, 0.1) is 0 Å². The van der Waals surface area contributed by atoms with Gasteiger partial charge in [-0.25, -0.2) is 4.79 Å². The Balaban J connectivity index is 2.06. The number of oxazole rings is 1. The monoisotopic (exact) mass is 234 g/mol. The molecule has 1 aromatic heterocycles. The number of benzene rings is 1. The van der Waals surface area contributed by atoms with Crippen LogP contribution in [0.3, 0.4) is 0 Å². The molecule has 2 rings (SSSR count). The van der Waals surface area contributed by atoms with Gasteiger partial charge >= 0.3 is 5.76 Å². The SMILES string of the molecule is O=CC(=O)NCCc1ccc2[nH]c(=O)oc2c1. The highest BCUT2D eigenvalue weighted by molar-refractivity contribution is 6.23. The van der Waals surface area contributed by atoms with E-state index >= 15 is 0 Å². The van der Waals surface area contributed by atoms with E-state index in [0.29, 0.717) is 24.1 Å². The van der Waals surface area contributed by atoms with Crippen LogP contribution >= 0.6 is 0 Å². The maximum atomic E-state index is 10.9. The first kappa shape index (κ1) is 11.1. The highest BCUT2D eigenvalue weighted by Gasteiger charge is 2.02. The summed E-state index contributed by atoms with van der Waals surface area (Å²) in [6.07, 6.45) is 0.790. The molecule has 1 amide bonds. The second-order valence-corrected chi connectivity index (χ2v) is 3.50. The van der Waals surface area contributed by atoms with Crippen LogP contribution < -0.4 is 11.1 Å². The highest BCUT2D eigenvalue weighted by atomic mass is 16.4. The van der Waals surface area contributed by atoms with Gasteiger partial charge in [0.15, 0.2) is 5.58 Å². The minimum atomic E-state index is -0.640. The molecule has 1 aromatic carbocycles. The first-order valence-electron chi connectivity index (χ1n) is 5.04. The summed E-state index contributed by atoms with van der Waals surface area (Å²) in [6, 6.07) is 5.28. The number of hydrogen-bond donors (Lipinski definition) is 2. The van der Waals surface area contributed by atoms with Crippen LogP contribution in [0.5, 0.6) is 0 Å². The van der Waals surface area contributed by atoms with Gasteiger partial charge < -0.3 is 9.73 Å². The Morgan fingerprint density at radius 1 is 1.47 bits per heavy atom. The minimum Gasteiger partial charge on any atom is -0.408 e. The lowest BCUT2D eigenvalue weighted by molar-refractivity contribution is -0.131. The molecule has 1 heterocycles. The Bertz CT molecular complexity index is 611. The van der Waals surface area contributed by atoms with Crippen LogP contribution in [0.15, 0.2) is 27.4 Å². The minimum absolute atomic E-state index is 0.231. The molecule has 0 fully saturated rings. The molecular formula is C11H10N2O4. The number of carbonyl (C=O) groups excluding carboxylic acids is 2. The highest BCUT2D eigenvalue weighted by Crippen LogP contribution is 2.12. The number of hydrogen-bond acceptors (Lipinski definition) is 4. The van der Waals surface area contributed by atoms with Crippen molar-refractivity contribution in [2.24, 2.45) is 0 Å². The van der Waals surface area contributed by atoms with E-state index < -0.39 is 11.7 Å². The van der Waals surface area contributed by atoms with Gasteiger partial charge in [0, 0.05) is 6.54 Å². The number of aldehydes is 1. The molecule has 0 saturated carbocycles. The summed E-state index contributed by atoms with van der Waals surface area (Å²) in [5.41, 5.74) is 2.02. The number of amides is 1. The standard InChI is InChI=1S/C11H10N2O4/c14-6-10(15)12-4-3-7-1-2-8-9(5-7)17-11(16)13-8/h1-2,5-6H,3-4H2,(H,12,15)(H,13,16). The molecule has 0 bridgehead atoms. The van der Waals surface area contributed by atoms with E-state index in [9.17, 15) is 14.4 Å². The molecule has 0 aliphatic heterocycles. The third kappa shape index (κ3) is 2.60. The van der Waals surface area contributed by atoms with Gasteiger partial charge in [-0.3, -0.25) is 14.6 Å². The maximum absolute atomic E-state index is 10.9. The number of carbonyl (C=O) groups is 2. The third-order valence-electron chi connectivity index (χ3n) is 2.31. The van der Waals surface area contributed by atoms with Crippen LogP contribution in [0.1, 0.15) is 5.56 Å². The number of nitrogens with one attached hydrogen (secondary N) is 2. The first-order valence-corrected chi connectivity index (χ1v) is 5.04. The van der Waals surface area contributed by atoms with Crippen molar-refractivity contribution in [3.63, 3.8) is 0 Å². The van der Waals surface area contributed by atoms with Crippen molar-refractivity contribution >= 4 is 23.3 Å². The molecule has 88 valence electrons. The fourth-order valence-electron chi connectivity index (χ4n) is 1.52. The van der Waals surface area contributed by atoms with E-state index in [4.69, 9.17) is 4.42 Å². The molecule has 6 nitrogen and oxygen atoms in total. The summed E-state index contributed by atoms with van der Waals surface area (Å²) in [5, 5.41) is 2.43. The first-order chi connectivity index (χ1) is 8.19. The maximum Gasteiger partial charge on any atom is 0.417 e. The van der Waals surface area contributed by atoms with Gasteiger partial charge in [-0.05, 0) is 24.1 Å². The van der Waals surface area contributed by atoms with Crippen LogP contribution in [-0.2, 0) is 16.0 Å². The van der Waals surface area contributed by atoms with E-state index in [1.165, 1.54) is 0 Å². The normalized spacial score (nSPS) is 10.4. The smallest absolute Gasteiger partial charge is 0.408 e. The number of H-pyrrole nitrogens is 1. The molecule has 2 N–H and O–H groups in total. The second-order valence-electron chi connectivity index (χ2n) is 3.50. The number of aromatic amines is 1. The third-order valence-corrected chi connectivity index (χ3v) is 2.31. The number of rotatable bonds is 4. The number of aromatic nitrogens is 1. The van der Waals surface area contributed by atoms with Crippen LogP contribution in [-0.4, -0.2) is 23.7 Å². The quantitative estimate of drug-likeness (QED) is 0.574. The molecule has 0 aliphatic rings.